The molecule has 21 heavy (non-hydrogen) atoms. The largest absolute Gasteiger partial charge is 0.368 e. The number of amides is 2. The number of piperidine rings is 1. The quantitative estimate of drug-likeness (QED) is 0.843. The highest BCUT2D eigenvalue weighted by molar-refractivity contribution is 9.10. The molecule has 3 N–H and O–H groups in total. The van der Waals surface area contributed by atoms with Gasteiger partial charge in [0.2, 0.25) is 5.91 Å². The highest BCUT2D eigenvalue weighted by atomic mass is 79.9. The SMILES string of the molecule is NC(=O)CN(C(=O)c1cc(Br)ccc1Cl)C1CCNCC1. The van der Waals surface area contributed by atoms with Gasteiger partial charge in [-0.3, -0.25) is 9.59 Å². The average Bonchev–Trinajstić information content (AvgIpc) is 2.47. The molecule has 0 bridgehead atoms. The molecule has 1 fully saturated rings. The molecule has 1 saturated heterocycles. The van der Waals surface area contributed by atoms with Crippen molar-refractivity contribution in [3.05, 3.63) is 33.3 Å². The predicted molar refractivity (Wildman–Crippen MR) is 85.3 cm³/mol. The molecule has 0 atom stereocenters. The number of hydrogen-bond donors (Lipinski definition) is 2. The highest BCUT2D eigenvalue weighted by Crippen LogP contribution is 2.24. The molecule has 0 radical (unpaired) electrons. The van der Waals surface area contributed by atoms with E-state index in [1.54, 1.807) is 18.2 Å². The molecule has 1 aliphatic rings. The van der Waals surface area contributed by atoms with Crippen LogP contribution in [0.3, 0.4) is 0 Å². The van der Waals surface area contributed by atoms with Gasteiger partial charge in [-0.15, -0.1) is 0 Å². The zero-order chi connectivity index (χ0) is 15.4. The van der Waals surface area contributed by atoms with E-state index in [-0.39, 0.29) is 18.5 Å². The number of benzene rings is 1. The molecule has 0 aromatic heterocycles. The summed E-state index contributed by atoms with van der Waals surface area (Å²) in [6, 6.07) is 5.09. The van der Waals surface area contributed by atoms with Gasteiger partial charge in [0.25, 0.3) is 5.91 Å². The zero-order valence-corrected chi connectivity index (χ0v) is 13.8. The topological polar surface area (TPSA) is 75.4 Å². The van der Waals surface area contributed by atoms with E-state index in [1.165, 1.54) is 4.90 Å². The van der Waals surface area contributed by atoms with Crippen molar-refractivity contribution in [2.45, 2.75) is 18.9 Å². The third kappa shape index (κ3) is 4.18. The van der Waals surface area contributed by atoms with Crippen LogP contribution in [0.25, 0.3) is 0 Å². The number of primary amides is 1. The average molecular weight is 375 g/mol. The van der Waals surface area contributed by atoms with Crippen LogP contribution < -0.4 is 11.1 Å². The molecule has 114 valence electrons. The molecule has 0 saturated carbocycles. The molecule has 1 aromatic carbocycles. The Bertz CT molecular complexity index is 547. The number of nitrogens with zero attached hydrogens (tertiary/aromatic N) is 1. The summed E-state index contributed by atoms with van der Waals surface area (Å²) in [5.41, 5.74) is 5.67. The summed E-state index contributed by atoms with van der Waals surface area (Å²) in [6.45, 7) is 1.55. The third-order valence-corrected chi connectivity index (χ3v) is 4.32. The van der Waals surface area contributed by atoms with Crippen molar-refractivity contribution >= 4 is 39.3 Å². The summed E-state index contributed by atoms with van der Waals surface area (Å²) in [7, 11) is 0. The summed E-state index contributed by atoms with van der Waals surface area (Å²) in [5, 5.41) is 3.60. The lowest BCUT2D eigenvalue weighted by atomic mass is 10.0. The van der Waals surface area contributed by atoms with Crippen molar-refractivity contribution in [1.82, 2.24) is 10.2 Å². The van der Waals surface area contributed by atoms with Crippen LogP contribution in [0.15, 0.2) is 22.7 Å². The Kier molecular flexibility index (Phi) is 5.61. The first-order valence-corrected chi connectivity index (χ1v) is 7.91. The summed E-state index contributed by atoms with van der Waals surface area (Å²) < 4.78 is 0.764. The number of nitrogens with one attached hydrogen (secondary N) is 1. The number of carbonyl (C=O) groups excluding carboxylic acids is 2. The van der Waals surface area contributed by atoms with Crippen LogP contribution in [0.5, 0.6) is 0 Å². The maximum Gasteiger partial charge on any atom is 0.256 e. The zero-order valence-electron chi connectivity index (χ0n) is 11.4. The van der Waals surface area contributed by atoms with Crippen molar-refractivity contribution in [1.29, 1.82) is 0 Å². The van der Waals surface area contributed by atoms with E-state index in [9.17, 15) is 9.59 Å². The second-order valence-electron chi connectivity index (χ2n) is 5.00. The van der Waals surface area contributed by atoms with Gasteiger partial charge in [0.15, 0.2) is 0 Å². The standard InChI is InChI=1S/C14H17BrClN3O2/c15-9-1-2-12(16)11(7-9)14(21)19(8-13(17)20)10-3-5-18-6-4-10/h1-2,7,10,18H,3-6,8H2,(H2,17,20). The summed E-state index contributed by atoms with van der Waals surface area (Å²) in [4.78, 5) is 25.6. The first-order valence-electron chi connectivity index (χ1n) is 6.74. The number of nitrogens with two attached hydrogens (primary N) is 1. The molecule has 1 aliphatic heterocycles. The van der Waals surface area contributed by atoms with Gasteiger partial charge in [0.05, 0.1) is 17.1 Å². The minimum absolute atomic E-state index is 0.00120. The normalized spacial score (nSPS) is 15.7. The van der Waals surface area contributed by atoms with Crippen molar-refractivity contribution in [3.63, 3.8) is 0 Å². The maximum absolute atomic E-state index is 12.7. The lowest BCUT2D eigenvalue weighted by Gasteiger charge is -2.34. The molecule has 2 amide bonds. The minimum Gasteiger partial charge on any atom is -0.368 e. The lowest BCUT2D eigenvalue weighted by molar-refractivity contribution is -0.119. The van der Waals surface area contributed by atoms with E-state index in [0.29, 0.717) is 10.6 Å². The van der Waals surface area contributed by atoms with E-state index < -0.39 is 5.91 Å². The van der Waals surface area contributed by atoms with E-state index >= 15 is 0 Å². The van der Waals surface area contributed by atoms with Gasteiger partial charge in [-0.2, -0.15) is 0 Å². The molecule has 1 aromatic rings. The highest BCUT2D eigenvalue weighted by Gasteiger charge is 2.28. The van der Waals surface area contributed by atoms with Gasteiger partial charge in [0.1, 0.15) is 0 Å². The summed E-state index contributed by atoms with van der Waals surface area (Å²) in [6.07, 6.45) is 1.59. The fraction of sp³-hybridized carbons (Fsp3) is 0.429. The Morgan fingerprint density at radius 2 is 2.05 bits per heavy atom. The Labute approximate surface area is 136 Å². The van der Waals surface area contributed by atoms with Crippen LogP contribution in [-0.4, -0.2) is 42.4 Å². The van der Waals surface area contributed by atoms with Crippen LogP contribution in [0.1, 0.15) is 23.2 Å². The Balaban J connectivity index is 2.28. The molecular weight excluding hydrogens is 358 g/mol. The number of rotatable bonds is 4. The van der Waals surface area contributed by atoms with Crippen LogP contribution in [0.2, 0.25) is 5.02 Å². The van der Waals surface area contributed by atoms with Crippen molar-refractivity contribution in [2.24, 2.45) is 5.73 Å². The first kappa shape index (κ1) is 16.3. The Morgan fingerprint density at radius 3 is 2.67 bits per heavy atom. The molecule has 2 rings (SSSR count). The molecular formula is C14H17BrClN3O2. The fourth-order valence-corrected chi connectivity index (χ4v) is 3.03. The van der Waals surface area contributed by atoms with Crippen molar-refractivity contribution in [2.75, 3.05) is 19.6 Å². The van der Waals surface area contributed by atoms with Crippen molar-refractivity contribution in [3.8, 4) is 0 Å². The smallest absolute Gasteiger partial charge is 0.256 e. The van der Waals surface area contributed by atoms with Gasteiger partial charge in [-0.05, 0) is 44.1 Å². The van der Waals surface area contributed by atoms with Crippen LogP contribution in [-0.2, 0) is 4.79 Å². The predicted octanol–water partition coefficient (Wildman–Crippen LogP) is 1.78. The third-order valence-electron chi connectivity index (χ3n) is 3.50. The molecule has 0 spiro atoms. The van der Waals surface area contributed by atoms with Crippen LogP contribution in [0.4, 0.5) is 0 Å². The lowest BCUT2D eigenvalue weighted by Crippen LogP contribution is -2.49. The summed E-state index contributed by atoms with van der Waals surface area (Å²) in [5.74, 6) is -0.778. The van der Waals surface area contributed by atoms with Crippen LogP contribution >= 0.6 is 27.5 Å². The van der Waals surface area contributed by atoms with E-state index in [2.05, 4.69) is 21.2 Å². The molecule has 7 heteroatoms. The van der Waals surface area contributed by atoms with Gasteiger partial charge in [-0.1, -0.05) is 27.5 Å². The first-order chi connectivity index (χ1) is 9.99. The molecule has 1 heterocycles. The fourth-order valence-electron chi connectivity index (χ4n) is 2.47. The monoisotopic (exact) mass is 373 g/mol. The van der Waals surface area contributed by atoms with E-state index in [0.717, 1.165) is 30.4 Å². The van der Waals surface area contributed by atoms with E-state index in [1.807, 2.05) is 0 Å². The Morgan fingerprint density at radius 1 is 1.38 bits per heavy atom. The Hall–Kier alpha value is -1.11. The van der Waals surface area contributed by atoms with Gasteiger partial charge in [-0.25, -0.2) is 0 Å². The second-order valence-corrected chi connectivity index (χ2v) is 6.33. The van der Waals surface area contributed by atoms with Gasteiger partial charge >= 0.3 is 0 Å². The van der Waals surface area contributed by atoms with Crippen LogP contribution in [0, 0.1) is 0 Å². The van der Waals surface area contributed by atoms with Crippen molar-refractivity contribution < 1.29 is 9.59 Å². The van der Waals surface area contributed by atoms with Gasteiger partial charge in [0, 0.05) is 10.5 Å². The maximum atomic E-state index is 12.7. The number of carbonyl (C=O) groups is 2. The van der Waals surface area contributed by atoms with E-state index in [4.69, 9.17) is 17.3 Å². The molecule has 0 aliphatic carbocycles. The molecule has 0 unspecified atom stereocenters. The molecule has 5 nitrogen and oxygen atoms in total. The second kappa shape index (κ2) is 7.24. The number of hydrogen-bond acceptors (Lipinski definition) is 3. The number of halogens is 2. The summed E-state index contributed by atoms with van der Waals surface area (Å²) >= 11 is 9.44. The van der Waals surface area contributed by atoms with Gasteiger partial charge < -0.3 is 16.0 Å². The minimum atomic E-state index is -0.520.